The normalized spacial score (nSPS) is 14.0. The van der Waals surface area contributed by atoms with Crippen molar-refractivity contribution in [2.24, 2.45) is 0 Å². The van der Waals surface area contributed by atoms with Crippen LogP contribution in [-0.4, -0.2) is 42.5 Å². The van der Waals surface area contributed by atoms with E-state index in [0.717, 1.165) is 53.9 Å². The fourth-order valence-electron chi connectivity index (χ4n) is 5.16. The second-order valence-electron chi connectivity index (χ2n) is 10.3. The first-order valence-corrected chi connectivity index (χ1v) is 14.0. The highest BCUT2D eigenvalue weighted by molar-refractivity contribution is 5.88. The van der Waals surface area contributed by atoms with Crippen LogP contribution in [0.25, 0.3) is 0 Å². The van der Waals surface area contributed by atoms with E-state index in [-0.39, 0.29) is 17.9 Å². The first-order valence-electron chi connectivity index (χ1n) is 14.0. The van der Waals surface area contributed by atoms with E-state index in [0.29, 0.717) is 32.4 Å². The van der Waals surface area contributed by atoms with Gasteiger partial charge in [-0.25, -0.2) is 0 Å². The molecule has 0 saturated heterocycles. The van der Waals surface area contributed by atoms with Gasteiger partial charge in [-0.3, -0.25) is 9.59 Å². The number of rotatable bonds is 13. The van der Waals surface area contributed by atoms with Gasteiger partial charge in [-0.15, -0.1) is 0 Å². The summed E-state index contributed by atoms with van der Waals surface area (Å²) in [7, 11) is 1.63. The van der Waals surface area contributed by atoms with Crippen molar-refractivity contribution in [3.63, 3.8) is 0 Å². The number of benzene rings is 3. The van der Waals surface area contributed by atoms with Gasteiger partial charge in [0, 0.05) is 25.4 Å². The highest BCUT2D eigenvalue weighted by Crippen LogP contribution is 2.21. The molecule has 0 heterocycles. The smallest absolute Gasteiger partial charge is 0.243 e. The van der Waals surface area contributed by atoms with Crippen molar-refractivity contribution in [3.8, 4) is 11.5 Å². The van der Waals surface area contributed by atoms with E-state index in [9.17, 15) is 9.59 Å². The number of nitrogens with zero attached hydrogens (tertiary/aromatic N) is 1. The molecule has 1 aliphatic carbocycles. The Balaban J connectivity index is 1.50. The molecule has 1 saturated carbocycles. The third-order valence-corrected chi connectivity index (χ3v) is 7.27. The molecule has 0 aromatic heterocycles. The third kappa shape index (κ3) is 8.60. The summed E-state index contributed by atoms with van der Waals surface area (Å²) in [5.41, 5.74) is 3.18. The number of carbonyl (C=O) groups is 2. The van der Waals surface area contributed by atoms with E-state index in [1.165, 1.54) is 0 Å². The lowest BCUT2D eigenvalue weighted by Gasteiger charge is -2.32. The summed E-state index contributed by atoms with van der Waals surface area (Å²) in [6.07, 6.45) is 5.58. The number of amides is 2. The van der Waals surface area contributed by atoms with Crippen molar-refractivity contribution in [1.29, 1.82) is 0 Å². The summed E-state index contributed by atoms with van der Waals surface area (Å²) in [4.78, 5) is 29.3. The van der Waals surface area contributed by atoms with Gasteiger partial charge in [-0.1, -0.05) is 73.0 Å². The van der Waals surface area contributed by atoms with Crippen molar-refractivity contribution >= 4 is 11.8 Å². The fraction of sp³-hybridized carbons (Fsp3) is 0.394. The minimum atomic E-state index is -0.594. The average Bonchev–Trinajstić information content (AvgIpc) is 3.47. The number of methoxy groups -OCH3 is 1. The van der Waals surface area contributed by atoms with Crippen LogP contribution in [0.4, 0.5) is 0 Å². The maximum absolute atomic E-state index is 13.8. The summed E-state index contributed by atoms with van der Waals surface area (Å²) in [5, 5.41) is 3.26. The Hall–Kier alpha value is -3.80. The van der Waals surface area contributed by atoms with E-state index in [2.05, 4.69) is 11.4 Å². The standard InChI is InChI=1S/C33H40N2O4/c1-25-10-8-13-27(22-25)24-35(32(36)16-9-21-39-30-19-17-29(38-2)18-20-30)31(23-26-11-4-3-5-12-26)33(37)34-28-14-6-7-15-28/h3-5,8,10-13,17-20,22,28,31H,6-7,9,14-16,21,23-24H2,1-2H3,(H,34,37)/t31-/m0/s1. The Morgan fingerprint density at radius 3 is 2.31 bits per heavy atom. The molecule has 3 aromatic rings. The Morgan fingerprint density at radius 2 is 1.62 bits per heavy atom. The molecule has 6 nitrogen and oxygen atoms in total. The van der Waals surface area contributed by atoms with E-state index in [4.69, 9.17) is 9.47 Å². The predicted octanol–water partition coefficient (Wildman–Crippen LogP) is 5.86. The predicted molar refractivity (Wildman–Crippen MR) is 154 cm³/mol. The molecule has 0 aliphatic heterocycles. The zero-order valence-electron chi connectivity index (χ0n) is 23.1. The topological polar surface area (TPSA) is 67.9 Å². The average molecular weight is 529 g/mol. The lowest BCUT2D eigenvalue weighted by molar-refractivity contribution is -0.141. The van der Waals surface area contributed by atoms with E-state index >= 15 is 0 Å². The number of hydrogen-bond donors (Lipinski definition) is 1. The van der Waals surface area contributed by atoms with Crippen molar-refractivity contribution in [2.75, 3.05) is 13.7 Å². The lowest BCUT2D eigenvalue weighted by Crippen LogP contribution is -2.52. The van der Waals surface area contributed by atoms with E-state index < -0.39 is 6.04 Å². The van der Waals surface area contributed by atoms with Gasteiger partial charge >= 0.3 is 0 Å². The largest absolute Gasteiger partial charge is 0.497 e. The summed E-state index contributed by atoms with van der Waals surface area (Å²) in [6, 6.07) is 25.1. The van der Waals surface area contributed by atoms with Gasteiger partial charge in [-0.2, -0.15) is 0 Å². The SMILES string of the molecule is COc1ccc(OCCCC(=O)N(Cc2cccc(C)c2)[C@@H](Cc2ccccc2)C(=O)NC2CCCC2)cc1. The molecule has 1 N–H and O–H groups in total. The second kappa shape index (κ2) is 14.4. The Bertz CT molecular complexity index is 1190. The molecule has 1 atom stereocenters. The fourth-order valence-corrected chi connectivity index (χ4v) is 5.16. The van der Waals surface area contributed by atoms with Crippen LogP contribution in [0.1, 0.15) is 55.2 Å². The molecule has 0 unspecified atom stereocenters. The molecule has 0 bridgehead atoms. The number of hydrogen-bond acceptors (Lipinski definition) is 4. The van der Waals surface area contributed by atoms with Crippen LogP contribution < -0.4 is 14.8 Å². The summed E-state index contributed by atoms with van der Waals surface area (Å²) in [5.74, 6) is 1.39. The molecular formula is C33H40N2O4. The van der Waals surface area contributed by atoms with Gasteiger partial charge < -0.3 is 19.7 Å². The molecule has 6 heteroatoms. The first kappa shape index (κ1) is 28.2. The second-order valence-corrected chi connectivity index (χ2v) is 10.3. The zero-order valence-corrected chi connectivity index (χ0v) is 23.1. The van der Waals surface area contributed by atoms with Crippen molar-refractivity contribution in [1.82, 2.24) is 10.2 Å². The molecular weight excluding hydrogens is 488 g/mol. The molecule has 206 valence electrons. The Labute approximate surface area is 232 Å². The van der Waals surface area contributed by atoms with Crippen molar-refractivity contribution < 1.29 is 19.1 Å². The summed E-state index contributed by atoms with van der Waals surface area (Å²) in [6.45, 7) is 2.84. The molecule has 2 amide bonds. The quantitative estimate of drug-likeness (QED) is 0.282. The number of ether oxygens (including phenoxy) is 2. The van der Waals surface area contributed by atoms with Crippen LogP contribution in [0.5, 0.6) is 11.5 Å². The third-order valence-electron chi connectivity index (χ3n) is 7.27. The first-order chi connectivity index (χ1) is 19.0. The van der Waals surface area contributed by atoms with Crippen LogP contribution in [0.15, 0.2) is 78.9 Å². The monoisotopic (exact) mass is 528 g/mol. The number of carbonyl (C=O) groups excluding carboxylic acids is 2. The molecule has 0 spiro atoms. The van der Waals surface area contributed by atoms with Gasteiger partial charge in [0.15, 0.2) is 0 Å². The van der Waals surface area contributed by atoms with Crippen LogP contribution in [0.3, 0.4) is 0 Å². The van der Waals surface area contributed by atoms with Crippen LogP contribution >= 0.6 is 0 Å². The van der Waals surface area contributed by atoms with Crippen LogP contribution in [0, 0.1) is 6.92 Å². The number of aryl methyl sites for hydroxylation is 1. The van der Waals surface area contributed by atoms with Gasteiger partial charge in [0.2, 0.25) is 11.8 Å². The maximum atomic E-state index is 13.8. The van der Waals surface area contributed by atoms with E-state index in [1.807, 2.05) is 79.7 Å². The minimum Gasteiger partial charge on any atom is -0.497 e. The molecule has 0 radical (unpaired) electrons. The van der Waals surface area contributed by atoms with Gasteiger partial charge in [-0.05, 0) is 61.6 Å². The Kier molecular flexibility index (Phi) is 10.4. The zero-order chi connectivity index (χ0) is 27.5. The molecule has 1 fully saturated rings. The lowest BCUT2D eigenvalue weighted by atomic mass is 10.0. The highest BCUT2D eigenvalue weighted by Gasteiger charge is 2.32. The van der Waals surface area contributed by atoms with Gasteiger partial charge in [0.25, 0.3) is 0 Å². The minimum absolute atomic E-state index is 0.0441. The highest BCUT2D eigenvalue weighted by atomic mass is 16.5. The number of nitrogens with one attached hydrogen (secondary N) is 1. The van der Waals surface area contributed by atoms with Gasteiger partial charge in [0.05, 0.1) is 13.7 Å². The van der Waals surface area contributed by atoms with Crippen molar-refractivity contribution in [2.45, 2.75) is 70.5 Å². The molecule has 3 aromatic carbocycles. The molecule has 1 aliphatic rings. The van der Waals surface area contributed by atoms with E-state index in [1.54, 1.807) is 12.0 Å². The summed E-state index contributed by atoms with van der Waals surface area (Å²) >= 11 is 0. The Morgan fingerprint density at radius 1 is 0.923 bits per heavy atom. The molecule has 39 heavy (non-hydrogen) atoms. The van der Waals surface area contributed by atoms with Gasteiger partial charge in [0.1, 0.15) is 17.5 Å². The maximum Gasteiger partial charge on any atom is 0.243 e. The summed E-state index contributed by atoms with van der Waals surface area (Å²) < 4.78 is 11.1. The van der Waals surface area contributed by atoms with Crippen LogP contribution in [0.2, 0.25) is 0 Å². The van der Waals surface area contributed by atoms with Crippen LogP contribution in [-0.2, 0) is 22.6 Å². The molecule has 4 rings (SSSR count). The van der Waals surface area contributed by atoms with Crippen molar-refractivity contribution in [3.05, 3.63) is 95.6 Å².